The molecule has 1 aliphatic heterocycles. The van der Waals surface area contributed by atoms with E-state index in [2.05, 4.69) is 34.7 Å². The first-order valence-electron chi connectivity index (χ1n) is 8.55. The molecule has 1 aromatic heterocycles. The fourth-order valence-corrected chi connectivity index (χ4v) is 3.32. The van der Waals surface area contributed by atoms with E-state index in [1.54, 1.807) is 0 Å². The summed E-state index contributed by atoms with van der Waals surface area (Å²) in [4.78, 5) is 21.0. The van der Waals surface area contributed by atoms with Crippen molar-refractivity contribution in [3.05, 3.63) is 30.1 Å². The van der Waals surface area contributed by atoms with Crippen molar-refractivity contribution in [3.8, 4) is 0 Å². The van der Waals surface area contributed by atoms with Crippen LogP contribution in [0, 0.1) is 11.8 Å². The Balaban J connectivity index is 1.55. The summed E-state index contributed by atoms with van der Waals surface area (Å²) in [5.41, 5.74) is 1.26. The second-order valence-electron chi connectivity index (χ2n) is 7.21. The maximum Gasteiger partial charge on any atom is 0.225 e. The number of amides is 1. The molecule has 0 N–H and O–H groups in total. The van der Waals surface area contributed by atoms with Crippen LogP contribution >= 0.6 is 0 Å². The molecule has 2 aliphatic rings. The van der Waals surface area contributed by atoms with Crippen molar-refractivity contribution in [1.29, 1.82) is 0 Å². The third kappa shape index (κ3) is 3.49. The smallest absolute Gasteiger partial charge is 0.225 e. The van der Waals surface area contributed by atoms with E-state index >= 15 is 0 Å². The van der Waals surface area contributed by atoms with Gasteiger partial charge in [-0.05, 0) is 30.4 Å². The van der Waals surface area contributed by atoms with Gasteiger partial charge in [-0.3, -0.25) is 14.7 Å². The van der Waals surface area contributed by atoms with Gasteiger partial charge in [0.25, 0.3) is 0 Å². The first-order valence-corrected chi connectivity index (χ1v) is 8.55. The molecule has 0 unspecified atom stereocenters. The van der Waals surface area contributed by atoms with Gasteiger partial charge in [0.2, 0.25) is 5.91 Å². The van der Waals surface area contributed by atoms with E-state index in [4.69, 9.17) is 0 Å². The van der Waals surface area contributed by atoms with Crippen LogP contribution in [-0.2, 0) is 11.3 Å². The zero-order valence-electron chi connectivity index (χ0n) is 13.7. The van der Waals surface area contributed by atoms with Gasteiger partial charge in [-0.15, -0.1) is 0 Å². The Kier molecular flexibility index (Phi) is 4.77. The van der Waals surface area contributed by atoms with Crippen LogP contribution in [0.5, 0.6) is 0 Å². The molecule has 2 heterocycles. The summed E-state index contributed by atoms with van der Waals surface area (Å²) >= 11 is 0. The largest absolute Gasteiger partial charge is 0.339 e. The van der Waals surface area contributed by atoms with Crippen LogP contribution in [0.25, 0.3) is 0 Å². The minimum Gasteiger partial charge on any atom is -0.339 e. The van der Waals surface area contributed by atoms with Crippen molar-refractivity contribution in [3.63, 3.8) is 0 Å². The number of likely N-dealkylation sites (tertiary alicyclic amines) is 1. The topological polar surface area (TPSA) is 36.4 Å². The van der Waals surface area contributed by atoms with E-state index in [1.165, 1.54) is 12.0 Å². The monoisotopic (exact) mass is 301 g/mol. The molecule has 1 aliphatic carbocycles. The maximum absolute atomic E-state index is 12.3. The molecule has 1 saturated carbocycles. The lowest BCUT2D eigenvalue weighted by Gasteiger charge is -2.47. The van der Waals surface area contributed by atoms with Crippen molar-refractivity contribution >= 4 is 5.91 Å². The summed E-state index contributed by atoms with van der Waals surface area (Å²) in [6.45, 7) is 8.33. The molecule has 0 atom stereocenters. The van der Waals surface area contributed by atoms with Crippen molar-refractivity contribution in [2.24, 2.45) is 11.8 Å². The van der Waals surface area contributed by atoms with Crippen LogP contribution < -0.4 is 0 Å². The van der Waals surface area contributed by atoms with Gasteiger partial charge in [0.1, 0.15) is 0 Å². The maximum atomic E-state index is 12.3. The SMILES string of the molecule is CC(C)CN(Cc1cccnc1)C1CN(C(=O)C2CCC2)C1. The first-order chi connectivity index (χ1) is 10.6. The van der Waals surface area contributed by atoms with Gasteiger partial charge in [0.05, 0.1) is 0 Å². The fourth-order valence-electron chi connectivity index (χ4n) is 3.32. The molecular weight excluding hydrogens is 274 g/mol. The van der Waals surface area contributed by atoms with Gasteiger partial charge in [-0.2, -0.15) is 0 Å². The highest BCUT2D eigenvalue weighted by atomic mass is 16.2. The number of aromatic nitrogens is 1. The molecule has 1 saturated heterocycles. The van der Waals surface area contributed by atoms with Gasteiger partial charge >= 0.3 is 0 Å². The van der Waals surface area contributed by atoms with Gasteiger partial charge in [0.15, 0.2) is 0 Å². The minimum absolute atomic E-state index is 0.331. The minimum atomic E-state index is 0.331. The molecule has 1 amide bonds. The number of hydrogen-bond acceptors (Lipinski definition) is 3. The Labute approximate surface area is 133 Å². The van der Waals surface area contributed by atoms with E-state index in [9.17, 15) is 4.79 Å². The van der Waals surface area contributed by atoms with Gasteiger partial charge < -0.3 is 4.90 Å². The normalized spacial score (nSPS) is 19.4. The Bertz CT molecular complexity index is 492. The van der Waals surface area contributed by atoms with E-state index in [0.717, 1.165) is 39.0 Å². The fraction of sp³-hybridized carbons (Fsp3) is 0.667. The number of pyridine rings is 1. The average molecular weight is 301 g/mol. The van der Waals surface area contributed by atoms with E-state index in [1.807, 2.05) is 18.5 Å². The van der Waals surface area contributed by atoms with E-state index < -0.39 is 0 Å². The van der Waals surface area contributed by atoms with Crippen LogP contribution in [0.2, 0.25) is 0 Å². The lowest BCUT2D eigenvalue weighted by Crippen LogP contribution is -2.62. The molecule has 0 spiro atoms. The number of carbonyl (C=O) groups excluding carboxylic acids is 1. The third-order valence-electron chi connectivity index (χ3n) is 4.85. The number of hydrogen-bond donors (Lipinski definition) is 0. The van der Waals surface area contributed by atoms with Crippen molar-refractivity contribution in [2.75, 3.05) is 19.6 Å². The van der Waals surface area contributed by atoms with Crippen LogP contribution in [0.4, 0.5) is 0 Å². The zero-order chi connectivity index (χ0) is 15.5. The van der Waals surface area contributed by atoms with Gasteiger partial charge in [0, 0.05) is 50.5 Å². The van der Waals surface area contributed by atoms with Crippen LogP contribution in [0.3, 0.4) is 0 Å². The van der Waals surface area contributed by atoms with Crippen LogP contribution in [-0.4, -0.2) is 46.4 Å². The van der Waals surface area contributed by atoms with Crippen molar-refractivity contribution in [1.82, 2.24) is 14.8 Å². The van der Waals surface area contributed by atoms with Gasteiger partial charge in [-0.25, -0.2) is 0 Å². The molecule has 4 heteroatoms. The second kappa shape index (κ2) is 6.78. The van der Waals surface area contributed by atoms with Crippen molar-refractivity contribution < 1.29 is 4.79 Å². The Hall–Kier alpha value is -1.42. The third-order valence-corrected chi connectivity index (χ3v) is 4.85. The van der Waals surface area contributed by atoms with Gasteiger partial charge in [-0.1, -0.05) is 26.3 Å². The summed E-state index contributed by atoms with van der Waals surface area (Å²) in [5.74, 6) is 1.36. The first kappa shape index (κ1) is 15.5. The van der Waals surface area contributed by atoms with E-state index in [0.29, 0.717) is 23.8 Å². The number of carbonyl (C=O) groups is 1. The van der Waals surface area contributed by atoms with E-state index in [-0.39, 0.29) is 0 Å². The summed E-state index contributed by atoms with van der Waals surface area (Å²) in [6.07, 6.45) is 7.20. The summed E-state index contributed by atoms with van der Waals surface area (Å²) < 4.78 is 0. The molecule has 0 radical (unpaired) electrons. The lowest BCUT2D eigenvalue weighted by atomic mass is 9.83. The summed E-state index contributed by atoms with van der Waals surface area (Å²) in [7, 11) is 0. The average Bonchev–Trinajstić information content (AvgIpc) is 2.35. The molecule has 0 aromatic carbocycles. The highest BCUT2D eigenvalue weighted by molar-refractivity contribution is 5.80. The Morgan fingerprint density at radius 2 is 2.18 bits per heavy atom. The summed E-state index contributed by atoms with van der Waals surface area (Å²) in [5, 5.41) is 0. The zero-order valence-corrected chi connectivity index (χ0v) is 13.7. The van der Waals surface area contributed by atoms with Crippen molar-refractivity contribution in [2.45, 2.75) is 45.7 Å². The van der Waals surface area contributed by atoms with Crippen LogP contribution in [0.15, 0.2) is 24.5 Å². The second-order valence-corrected chi connectivity index (χ2v) is 7.21. The molecule has 22 heavy (non-hydrogen) atoms. The number of nitrogens with zero attached hydrogens (tertiary/aromatic N) is 3. The molecular formula is C18H27N3O. The molecule has 3 rings (SSSR count). The lowest BCUT2D eigenvalue weighted by molar-refractivity contribution is -0.146. The Morgan fingerprint density at radius 1 is 1.41 bits per heavy atom. The molecule has 2 fully saturated rings. The standard InChI is InChI=1S/C18H27N3O/c1-14(2)10-20(11-15-5-4-8-19-9-15)17-12-21(13-17)18(22)16-6-3-7-16/h4-5,8-9,14,16-17H,3,6-7,10-13H2,1-2H3. The molecule has 1 aromatic rings. The Morgan fingerprint density at radius 3 is 2.73 bits per heavy atom. The highest BCUT2D eigenvalue weighted by Gasteiger charge is 2.39. The quantitative estimate of drug-likeness (QED) is 0.810. The number of rotatable bonds is 6. The highest BCUT2D eigenvalue weighted by Crippen LogP contribution is 2.30. The predicted molar refractivity (Wildman–Crippen MR) is 87.2 cm³/mol. The molecule has 4 nitrogen and oxygen atoms in total. The predicted octanol–water partition coefficient (Wildman–Crippen LogP) is 2.55. The molecule has 0 bridgehead atoms. The van der Waals surface area contributed by atoms with Crippen LogP contribution in [0.1, 0.15) is 38.7 Å². The summed E-state index contributed by atoms with van der Waals surface area (Å²) in [6, 6.07) is 4.64. The molecule has 120 valence electrons.